The van der Waals surface area contributed by atoms with Crippen molar-refractivity contribution in [3.8, 4) is 11.6 Å². The first-order valence-electron chi connectivity index (χ1n) is 8.93. The fraction of sp³-hybridized carbons (Fsp3) is 0.200. The lowest BCUT2D eigenvalue weighted by Crippen LogP contribution is -2.40. The van der Waals surface area contributed by atoms with Crippen molar-refractivity contribution in [3.63, 3.8) is 0 Å². The lowest BCUT2D eigenvalue weighted by Gasteiger charge is -2.12. The Labute approximate surface area is 162 Å². The first kappa shape index (κ1) is 19.2. The van der Waals surface area contributed by atoms with Crippen LogP contribution in [0.15, 0.2) is 69.9 Å². The number of rotatable bonds is 6. The van der Waals surface area contributed by atoms with E-state index in [1.54, 1.807) is 48.1 Å². The second-order valence-electron chi connectivity index (χ2n) is 6.32. The van der Waals surface area contributed by atoms with Crippen LogP contribution in [0.4, 0.5) is 17.1 Å². The monoisotopic (exact) mass is 379 g/mol. The van der Waals surface area contributed by atoms with Crippen molar-refractivity contribution >= 4 is 17.1 Å². The van der Waals surface area contributed by atoms with Gasteiger partial charge >= 0.3 is 5.56 Å². The second kappa shape index (κ2) is 8.45. The summed E-state index contributed by atoms with van der Waals surface area (Å²) in [4.78, 5) is 13.0. The van der Waals surface area contributed by atoms with Crippen molar-refractivity contribution in [1.82, 2.24) is 4.57 Å². The molecule has 8 heteroatoms. The fourth-order valence-corrected chi connectivity index (χ4v) is 2.87. The third kappa shape index (κ3) is 3.91. The number of hydrogen-bond acceptors (Lipinski definition) is 6. The maximum atomic E-state index is 13.0. The number of anilines is 1. The molecule has 1 aromatic carbocycles. The van der Waals surface area contributed by atoms with E-state index in [2.05, 4.69) is 10.2 Å². The molecule has 2 heterocycles. The lowest BCUT2D eigenvalue weighted by molar-refractivity contribution is -0.597. The molecule has 28 heavy (non-hydrogen) atoms. The summed E-state index contributed by atoms with van der Waals surface area (Å²) >= 11 is 0. The van der Waals surface area contributed by atoms with Crippen LogP contribution in [0.2, 0.25) is 0 Å². The molecule has 0 atom stereocenters. The standard InChI is InChI=1S/C20H22N6O2/c1-14-17(24-23-16-8-6-15(22)7-9-16)19(27)26(13-5-10-21)20(28)18(14)25-11-3-2-4-12-25/h2-4,6-9,11-12H,5,10,13,21H2,1H3,(H2-,22,23,24,27,28)/p+1. The minimum atomic E-state index is -0.314. The van der Waals surface area contributed by atoms with E-state index in [1.165, 1.54) is 4.57 Å². The van der Waals surface area contributed by atoms with Crippen molar-refractivity contribution in [2.45, 2.75) is 19.9 Å². The molecule has 0 aliphatic heterocycles. The molecule has 0 bridgehead atoms. The van der Waals surface area contributed by atoms with Crippen LogP contribution in [0.25, 0.3) is 5.69 Å². The largest absolute Gasteiger partial charge is 0.493 e. The molecule has 0 unspecified atom stereocenters. The Hall–Kier alpha value is -3.52. The van der Waals surface area contributed by atoms with E-state index in [9.17, 15) is 9.90 Å². The van der Waals surface area contributed by atoms with Gasteiger partial charge in [-0.15, -0.1) is 5.11 Å². The summed E-state index contributed by atoms with van der Waals surface area (Å²) in [6.45, 7) is 2.42. The van der Waals surface area contributed by atoms with Gasteiger partial charge < -0.3 is 16.6 Å². The maximum Gasteiger partial charge on any atom is 0.326 e. The molecular formula is C20H23N6O2+. The molecule has 3 rings (SSSR count). The van der Waals surface area contributed by atoms with Gasteiger partial charge in [0.25, 0.3) is 5.69 Å². The van der Waals surface area contributed by atoms with Gasteiger partial charge in [0.2, 0.25) is 5.88 Å². The summed E-state index contributed by atoms with van der Waals surface area (Å²) in [5.74, 6) is -0.226. The van der Waals surface area contributed by atoms with Gasteiger partial charge in [-0.1, -0.05) is 6.07 Å². The Morgan fingerprint density at radius 1 is 1.11 bits per heavy atom. The highest BCUT2D eigenvalue weighted by atomic mass is 16.3. The molecule has 0 saturated heterocycles. The van der Waals surface area contributed by atoms with Crippen molar-refractivity contribution in [2.75, 3.05) is 12.3 Å². The SMILES string of the molecule is Cc1c(/N=N/c2ccc(N)cc2)c(O)n(CCCN)c(=O)c1-[n+]1ccccc1. The summed E-state index contributed by atoms with van der Waals surface area (Å²) < 4.78 is 2.99. The van der Waals surface area contributed by atoms with Crippen LogP contribution in [-0.4, -0.2) is 16.2 Å². The van der Waals surface area contributed by atoms with Gasteiger partial charge in [0.05, 0.1) is 11.3 Å². The molecule has 0 aliphatic rings. The Balaban J connectivity index is 2.17. The normalized spacial score (nSPS) is 11.2. The summed E-state index contributed by atoms with van der Waals surface area (Å²) in [7, 11) is 0. The molecule has 0 saturated carbocycles. The Morgan fingerprint density at radius 2 is 1.79 bits per heavy atom. The third-order valence-corrected chi connectivity index (χ3v) is 4.34. The van der Waals surface area contributed by atoms with Crippen LogP contribution in [0, 0.1) is 6.92 Å². The predicted octanol–water partition coefficient (Wildman–Crippen LogP) is 2.49. The van der Waals surface area contributed by atoms with Gasteiger partial charge in [-0.3, -0.25) is 9.36 Å². The van der Waals surface area contributed by atoms with Crippen molar-refractivity contribution in [1.29, 1.82) is 0 Å². The van der Waals surface area contributed by atoms with Crippen LogP contribution < -0.4 is 21.6 Å². The van der Waals surface area contributed by atoms with Crippen LogP contribution in [0.5, 0.6) is 5.88 Å². The van der Waals surface area contributed by atoms with Gasteiger partial charge in [0.15, 0.2) is 18.1 Å². The van der Waals surface area contributed by atoms with Crippen molar-refractivity contribution < 1.29 is 9.67 Å². The molecule has 0 spiro atoms. The summed E-state index contributed by atoms with van der Waals surface area (Å²) in [5, 5.41) is 19.1. The first-order chi connectivity index (χ1) is 13.5. The quantitative estimate of drug-likeness (QED) is 0.346. The maximum absolute atomic E-state index is 13.0. The van der Waals surface area contributed by atoms with Crippen LogP contribution in [-0.2, 0) is 6.54 Å². The van der Waals surface area contributed by atoms with Crippen molar-refractivity contribution in [2.24, 2.45) is 16.0 Å². The number of aromatic nitrogens is 2. The van der Waals surface area contributed by atoms with Gasteiger partial charge in [0, 0.05) is 24.4 Å². The van der Waals surface area contributed by atoms with E-state index < -0.39 is 0 Å². The molecule has 2 aromatic heterocycles. The Bertz CT molecular complexity index is 1040. The van der Waals surface area contributed by atoms with E-state index in [1.807, 2.05) is 18.2 Å². The number of pyridine rings is 2. The minimum Gasteiger partial charge on any atom is -0.493 e. The van der Waals surface area contributed by atoms with E-state index in [0.717, 1.165) is 0 Å². The van der Waals surface area contributed by atoms with Gasteiger partial charge in [-0.2, -0.15) is 9.68 Å². The number of benzene rings is 1. The van der Waals surface area contributed by atoms with Gasteiger partial charge in [-0.05, 0) is 44.2 Å². The number of nitrogens with two attached hydrogens (primary N) is 2. The average molecular weight is 379 g/mol. The van der Waals surface area contributed by atoms with Crippen LogP contribution in [0.3, 0.4) is 0 Å². The molecular weight excluding hydrogens is 356 g/mol. The lowest BCUT2D eigenvalue weighted by atomic mass is 10.2. The molecule has 0 radical (unpaired) electrons. The third-order valence-electron chi connectivity index (χ3n) is 4.34. The number of azo groups is 1. The van der Waals surface area contributed by atoms with Crippen LogP contribution in [0.1, 0.15) is 12.0 Å². The zero-order valence-corrected chi connectivity index (χ0v) is 15.6. The predicted molar refractivity (Wildman–Crippen MR) is 107 cm³/mol. The van der Waals surface area contributed by atoms with Gasteiger partial charge in [-0.25, -0.2) is 0 Å². The average Bonchev–Trinajstić information content (AvgIpc) is 2.70. The van der Waals surface area contributed by atoms with E-state index >= 15 is 0 Å². The summed E-state index contributed by atoms with van der Waals surface area (Å²) in [6.07, 6.45) is 4.09. The van der Waals surface area contributed by atoms with E-state index in [-0.39, 0.29) is 23.7 Å². The summed E-state index contributed by atoms with van der Waals surface area (Å²) in [5.41, 5.74) is 13.3. The number of aromatic hydroxyl groups is 1. The van der Waals surface area contributed by atoms with Crippen molar-refractivity contribution in [3.05, 3.63) is 70.8 Å². The van der Waals surface area contributed by atoms with Crippen LogP contribution >= 0.6 is 0 Å². The Kier molecular flexibility index (Phi) is 5.81. The zero-order valence-electron chi connectivity index (χ0n) is 15.6. The number of hydrogen-bond donors (Lipinski definition) is 3. The molecule has 5 N–H and O–H groups in total. The molecule has 3 aromatic rings. The fourth-order valence-electron chi connectivity index (χ4n) is 2.87. The van der Waals surface area contributed by atoms with E-state index in [0.29, 0.717) is 35.6 Å². The second-order valence-corrected chi connectivity index (χ2v) is 6.32. The van der Waals surface area contributed by atoms with Gasteiger partial charge in [0.1, 0.15) is 0 Å². The first-order valence-corrected chi connectivity index (χ1v) is 8.93. The highest BCUT2D eigenvalue weighted by Crippen LogP contribution is 2.32. The Morgan fingerprint density at radius 3 is 2.43 bits per heavy atom. The molecule has 0 aliphatic carbocycles. The number of nitrogen functional groups attached to an aromatic ring is 1. The number of nitrogens with zero attached hydrogens (tertiary/aromatic N) is 4. The smallest absolute Gasteiger partial charge is 0.326 e. The summed E-state index contributed by atoms with van der Waals surface area (Å²) in [6, 6.07) is 12.4. The highest BCUT2D eigenvalue weighted by Gasteiger charge is 2.25. The molecule has 144 valence electrons. The zero-order chi connectivity index (χ0) is 20.1. The topological polar surface area (TPSA) is 123 Å². The molecule has 0 amide bonds. The minimum absolute atomic E-state index is 0.226. The highest BCUT2D eigenvalue weighted by molar-refractivity contribution is 5.59. The molecule has 0 fully saturated rings. The van der Waals surface area contributed by atoms with E-state index in [4.69, 9.17) is 11.5 Å². The molecule has 8 nitrogen and oxygen atoms in total.